The number of nitriles is 1. The number of ether oxygens (including phenoxy) is 1. The molecule has 204 valence electrons. The Bertz CT molecular complexity index is 1630. The van der Waals surface area contributed by atoms with Crippen molar-refractivity contribution in [3.63, 3.8) is 0 Å². The molecular weight excluding hydrogens is 526 g/mol. The summed E-state index contributed by atoms with van der Waals surface area (Å²) in [6, 6.07) is 19.5. The molecule has 1 unspecified atom stereocenters. The van der Waals surface area contributed by atoms with Gasteiger partial charge in [-0.15, -0.1) is 11.3 Å². The van der Waals surface area contributed by atoms with Gasteiger partial charge in [0.2, 0.25) is 5.95 Å². The Labute approximate surface area is 235 Å². The van der Waals surface area contributed by atoms with Crippen molar-refractivity contribution in [2.75, 3.05) is 25.1 Å². The van der Waals surface area contributed by atoms with E-state index >= 15 is 0 Å². The van der Waals surface area contributed by atoms with Crippen LogP contribution in [0.4, 0.5) is 5.95 Å². The molecule has 2 aromatic carbocycles. The van der Waals surface area contributed by atoms with E-state index in [0.717, 1.165) is 54.8 Å². The third kappa shape index (κ3) is 5.75. The van der Waals surface area contributed by atoms with E-state index in [2.05, 4.69) is 16.3 Å². The average molecular weight is 556 g/mol. The van der Waals surface area contributed by atoms with Crippen LogP contribution in [0.2, 0.25) is 0 Å². The Morgan fingerprint density at radius 1 is 1.10 bits per heavy atom. The lowest BCUT2D eigenvalue weighted by atomic mass is 10.1. The monoisotopic (exact) mass is 555 g/mol. The number of carbonyl (C=O) groups excluding carboxylic acids is 2. The number of carbonyl (C=O) groups is 2. The summed E-state index contributed by atoms with van der Waals surface area (Å²) in [5, 5.41) is 12.4. The van der Waals surface area contributed by atoms with E-state index in [1.807, 2.05) is 42.5 Å². The molecular formula is C30H29N5O4S. The molecule has 1 atom stereocenters. The first kappa shape index (κ1) is 27.1. The minimum Gasteiger partial charge on any atom is -0.467 e. The van der Waals surface area contributed by atoms with Crippen LogP contribution in [0.25, 0.3) is 10.2 Å². The second kappa shape index (κ2) is 12.1. The van der Waals surface area contributed by atoms with E-state index in [0.29, 0.717) is 21.7 Å². The molecule has 1 amide bonds. The topological polar surface area (TPSA) is 117 Å². The molecule has 3 heterocycles. The number of fused-ring (bicyclic) bond motifs is 1. The van der Waals surface area contributed by atoms with Gasteiger partial charge in [0.1, 0.15) is 10.7 Å². The molecule has 0 saturated carbocycles. The summed E-state index contributed by atoms with van der Waals surface area (Å²) in [5.41, 5.74) is 2.27. The van der Waals surface area contributed by atoms with Crippen LogP contribution in [-0.2, 0) is 22.5 Å². The van der Waals surface area contributed by atoms with Crippen molar-refractivity contribution in [1.29, 1.82) is 5.26 Å². The molecule has 4 aromatic rings. The van der Waals surface area contributed by atoms with E-state index in [-0.39, 0.29) is 23.4 Å². The van der Waals surface area contributed by atoms with E-state index in [1.54, 1.807) is 22.8 Å². The molecule has 0 bridgehead atoms. The number of thiophene rings is 1. The van der Waals surface area contributed by atoms with Gasteiger partial charge in [0.25, 0.3) is 11.5 Å². The quantitative estimate of drug-likeness (QED) is 0.328. The van der Waals surface area contributed by atoms with Crippen LogP contribution >= 0.6 is 11.3 Å². The SMILES string of the molecule is COC(=O)C(Cc1ccccc1)NC(=O)c1cc2nc(N3CCCCC3)n(Cc3ccccc3C#N)c(=O)c2s1. The number of esters is 1. The molecule has 1 aliphatic heterocycles. The van der Waals surface area contributed by atoms with Crippen LogP contribution in [0.3, 0.4) is 0 Å². The number of nitrogens with zero attached hydrogens (tertiary/aromatic N) is 4. The number of nitrogens with one attached hydrogen (secondary N) is 1. The Morgan fingerprint density at radius 3 is 2.55 bits per heavy atom. The molecule has 0 aliphatic carbocycles. The number of aromatic nitrogens is 2. The van der Waals surface area contributed by atoms with Gasteiger partial charge in [-0.3, -0.25) is 14.2 Å². The van der Waals surface area contributed by atoms with E-state index < -0.39 is 17.9 Å². The standard InChI is InChI=1S/C30H29N5O4S/c1-39-29(38)24(16-20-10-4-2-5-11-20)32-27(36)25-17-23-26(40-25)28(37)35(19-22-13-7-6-12-21(22)18-31)30(33-23)34-14-8-3-9-15-34/h2,4-7,10-13,17,24H,3,8-9,14-16,19H2,1H3,(H,32,36). The lowest BCUT2D eigenvalue weighted by Gasteiger charge is -2.29. The van der Waals surface area contributed by atoms with Gasteiger partial charge >= 0.3 is 5.97 Å². The largest absolute Gasteiger partial charge is 0.467 e. The van der Waals surface area contributed by atoms with Crippen molar-refractivity contribution < 1.29 is 14.3 Å². The normalized spacial score (nSPS) is 13.9. The zero-order chi connectivity index (χ0) is 28.1. The van der Waals surface area contributed by atoms with Crippen LogP contribution < -0.4 is 15.8 Å². The Balaban J connectivity index is 1.51. The average Bonchev–Trinajstić information content (AvgIpc) is 3.44. The Hall–Kier alpha value is -4.49. The van der Waals surface area contributed by atoms with Gasteiger partial charge in [0.15, 0.2) is 0 Å². The number of anilines is 1. The number of piperidine rings is 1. The fraction of sp³-hybridized carbons (Fsp3) is 0.300. The van der Waals surface area contributed by atoms with E-state index in [9.17, 15) is 19.6 Å². The minimum atomic E-state index is -0.888. The van der Waals surface area contributed by atoms with Crippen LogP contribution in [-0.4, -0.2) is 47.7 Å². The smallest absolute Gasteiger partial charge is 0.328 e. The predicted octanol–water partition coefficient (Wildman–Crippen LogP) is 3.88. The number of methoxy groups -OCH3 is 1. The molecule has 1 aliphatic rings. The highest BCUT2D eigenvalue weighted by Gasteiger charge is 2.26. The van der Waals surface area contributed by atoms with E-state index in [1.165, 1.54) is 7.11 Å². The van der Waals surface area contributed by atoms with Gasteiger partial charge < -0.3 is 15.0 Å². The highest BCUT2D eigenvalue weighted by atomic mass is 32.1. The molecule has 1 saturated heterocycles. The Morgan fingerprint density at radius 2 is 1.82 bits per heavy atom. The molecule has 0 spiro atoms. The second-order valence-electron chi connectivity index (χ2n) is 9.68. The summed E-state index contributed by atoms with van der Waals surface area (Å²) < 4.78 is 6.88. The number of rotatable bonds is 8. The molecule has 2 aromatic heterocycles. The van der Waals surface area contributed by atoms with Crippen molar-refractivity contribution in [2.45, 2.75) is 38.3 Å². The molecule has 5 rings (SSSR count). The van der Waals surface area contributed by atoms with Crippen molar-refractivity contribution in [1.82, 2.24) is 14.9 Å². The summed E-state index contributed by atoms with van der Waals surface area (Å²) in [5.74, 6) is -0.497. The van der Waals surface area contributed by atoms with Gasteiger partial charge in [-0.2, -0.15) is 5.26 Å². The third-order valence-electron chi connectivity index (χ3n) is 7.02. The summed E-state index contributed by atoms with van der Waals surface area (Å²) in [7, 11) is 1.28. The van der Waals surface area contributed by atoms with Gasteiger partial charge in [-0.1, -0.05) is 48.5 Å². The van der Waals surface area contributed by atoms with Crippen molar-refractivity contribution in [2.24, 2.45) is 0 Å². The first-order valence-corrected chi connectivity index (χ1v) is 14.0. The number of hydrogen-bond acceptors (Lipinski definition) is 8. The minimum absolute atomic E-state index is 0.193. The van der Waals surface area contributed by atoms with E-state index in [4.69, 9.17) is 9.72 Å². The first-order chi connectivity index (χ1) is 19.5. The Kier molecular flexibility index (Phi) is 8.22. The number of benzene rings is 2. The second-order valence-corrected chi connectivity index (χ2v) is 10.7. The zero-order valence-corrected chi connectivity index (χ0v) is 22.9. The van der Waals surface area contributed by atoms with Gasteiger partial charge in [-0.05, 0) is 42.5 Å². The van der Waals surface area contributed by atoms with Crippen LogP contribution in [0.5, 0.6) is 0 Å². The van der Waals surface area contributed by atoms with Crippen molar-refractivity contribution in [3.8, 4) is 6.07 Å². The van der Waals surface area contributed by atoms with Crippen LogP contribution in [0.15, 0.2) is 65.5 Å². The molecule has 9 nitrogen and oxygen atoms in total. The van der Waals surface area contributed by atoms with Gasteiger partial charge in [-0.25, -0.2) is 9.78 Å². The highest BCUT2D eigenvalue weighted by Crippen LogP contribution is 2.26. The van der Waals surface area contributed by atoms with Crippen molar-refractivity contribution >= 4 is 39.4 Å². The van der Waals surface area contributed by atoms with Crippen LogP contribution in [0.1, 0.15) is 45.6 Å². The third-order valence-corrected chi connectivity index (χ3v) is 8.13. The molecule has 1 fully saturated rings. The summed E-state index contributed by atoms with van der Waals surface area (Å²) in [4.78, 5) is 46.9. The molecule has 40 heavy (non-hydrogen) atoms. The lowest BCUT2D eigenvalue weighted by Crippen LogP contribution is -2.42. The summed E-state index contributed by atoms with van der Waals surface area (Å²) in [6.07, 6.45) is 3.38. The van der Waals surface area contributed by atoms with Crippen molar-refractivity contribution in [3.05, 3.63) is 92.6 Å². The van der Waals surface area contributed by atoms with Gasteiger partial charge in [0.05, 0.1) is 35.7 Å². The predicted molar refractivity (Wildman–Crippen MR) is 154 cm³/mol. The maximum absolute atomic E-state index is 13.9. The maximum Gasteiger partial charge on any atom is 0.328 e. The fourth-order valence-electron chi connectivity index (χ4n) is 4.94. The maximum atomic E-state index is 13.9. The molecule has 0 radical (unpaired) electrons. The van der Waals surface area contributed by atoms with Gasteiger partial charge in [0, 0.05) is 19.5 Å². The lowest BCUT2D eigenvalue weighted by molar-refractivity contribution is -0.142. The number of amides is 1. The van der Waals surface area contributed by atoms with Crippen LogP contribution in [0, 0.1) is 11.3 Å². The zero-order valence-electron chi connectivity index (χ0n) is 22.1. The molecule has 10 heteroatoms. The first-order valence-electron chi connectivity index (χ1n) is 13.2. The summed E-state index contributed by atoms with van der Waals surface area (Å²) in [6.45, 7) is 1.74. The highest BCUT2D eigenvalue weighted by molar-refractivity contribution is 7.20. The number of hydrogen-bond donors (Lipinski definition) is 1. The fourth-order valence-corrected chi connectivity index (χ4v) is 5.89. The molecule has 1 N–H and O–H groups in total. The summed E-state index contributed by atoms with van der Waals surface area (Å²) >= 11 is 1.05.